The van der Waals surface area contributed by atoms with Crippen LogP contribution in [0.1, 0.15) is 44.9 Å². The van der Waals surface area contributed by atoms with E-state index in [-0.39, 0.29) is 16.9 Å². The molecule has 0 bridgehead atoms. The largest absolute Gasteiger partial charge is 0.496 e. The van der Waals surface area contributed by atoms with E-state index in [4.69, 9.17) is 4.74 Å². The Morgan fingerprint density at radius 2 is 2.03 bits per heavy atom. The summed E-state index contributed by atoms with van der Waals surface area (Å²) in [6, 6.07) is 9.58. The van der Waals surface area contributed by atoms with Crippen molar-refractivity contribution in [1.82, 2.24) is 14.6 Å². The van der Waals surface area contributed by atoms with Crippen LogP contribution in [0.15, 0.2) is 36.5 Å². The number of carbonyl (C=O) groups excluding carboxylic acids is 1. The fourth-order valence-electron chi connectivity index (χ4n) is 4.26. The Hall–Kier alpha value is -3.91. The lowest BCUT2D eigenvalue weighted by Crippen LogP contribution is -2.16. The van der Waals surface area contributed by atoms with Crippen LogP contribution < -0.4 is 10.1 Å². The summed E-state index contributed by atoms with van der Waals surface area (Å²) in [4.78, 5) is 18.6. The zero-order valence-corrected chi connectivity index (χ0v) is 19.3. The summed E-state index contributed by atoms with van der Waals surface area (Å²) >= 11 is 1.33. The fraction of sp³-hybridized carbons (Fsp3) is 0.250. The molecule has 7 nitrogen and oxygen atoms in total. The van der Waals surface area contributed by atoms with E-state index >= 15 is 0 Å². The number of halogens is 3. The Morgan fingerprint density at radius 3 is 2.77 bits per heavy atom. The Morgan fingerprint density at radius 1 is 1.26 bits per heavy atom. The Bertz CT molecular complexity index is 1500. The maximum atomic E-state index is 13.9. The maximum absolute atomic E-state index is 13.9. The molecule has 0 aliphatic heterocycles. The number of methoxy groups -OCH3 is 1. The lowest BCUT2D eigenvalue weighted by molar-refractivity contribution is -0.142. The lowest BCUT2D eigenvalue weighted by atomic mass is 9.96. The molecule has 1 N–H and O–H groups in total. The summed E-state index contributed by atoms with van der Waals surface area (Å²) in [6.45, 7) is 0. The number of ether oxygens (including phenoxy) is 1. The maximum Gasteiger partial charge on any atom is 0.433 e. The van der Waals surface area contributed by atoms with E-state index in [2.05, 4.69) is 21.5 Å². The quantitative estimate of drug-likeness (QED) is 0.403. The van der Waals surface area contributed by atoms with Crippen molar-refractivity contribution in [2.24, 2.45) is 0 Å². The van der Waals surface area contributed by atoms with Gasteiger partial charge in [-0.1, -0.05) is 12.1 Å². The fourth-order valence-corrected chi connectivity index (χ4v) is 5.50. The van der Waals surface area contributed by atoms with Crippen molar-refractivity contribution in [3.05, 3.63) is 63.8 Å². The van der Waals surface area contributed by atoms with E-state index in [0.717, 1.165) is 48.4 Å². The van der Waals surface area contributed by atoms with Crippen molar-refractivity contribution in [1.29, 1.82) is 5.26 Å². The first kappa shape index (κ1) is 22.9. The summed E-state index contributed by atoms with van der Waals surface area (Å²) in [7, 11) is 1.41. The number of benzene rings is 1. The standard InChI is InChI=1S/C24H18F3N5O2S/c1-34-18-8-4-2-7-14(18)17-10-20(24(25,26)27)32-21(30-17)16(12-29-32)22(33)31-23-15(11-28)13-6-3-5-9-19(13)35-23/h2,4,7-8,10,12H,3,5-6,9H2,1H3,(H,31,33). The number of nitrogens with one attached hydrogen (secondary N) is 1. The number of anilines is 1. The van der Waals surface area contributed by atoms with Crippen LogP contribution in [0.2, 0.25) is 0 Å². The Labute approximate surface area is 201 Å². The predicted octanol–water partition coefficient (Wildman–Crippen LogP) is 5.49. The molecule has 3 heterocycles. The molecule has 0 unspecified atom stereocenters. The van der Waals surface area contributed by atoms with Gasteiger partial charge in [-0.15, -0.1) is 11.3 Å². The van der Waals surface area contributed by atoms with Gasteiger partial charge in [0, 0.05) is 10.4 Å². The predicted molar refractivity (Wildman–Crippen MR) is 124 cm³/mol. The first-order chi connectivity index (χ1) is 16.8. The topological polar surface area (TPSA) is 92.3 Å². The lowest BCUT2D eigenvalue weighted by Gasteiger charge is -2.13. The highest BCUT2D eigenvalue weighted by Crippen LogP contribution is 2.39. The molecule has 0 radical (unpaired) electrons. The van der Waals surface area contributed by atoms with Gasteiger partial charge in [-0.25, -0.2) is 9.50 Å². The minimum atomic E-state index is -4.75. The highest BCUT2D eigenvalue weighted by atomic mass is 32.1. The number of hydrogen-bond donors (Lipinski definition) is 1. The number of alkyl halides is 3. The van der Waals surface area contributed by atoms with Gasteiger partial charge in [0.15, 0.2) is 11.3 Å². The summed E-state index contributed by atoms with van der Waals surface area (Å²) in [5.41, 5.74) is 0.213. The zero-order chi connectivity index (χ0) is 24.7. The van der Waals surface area contributed by atoms with E-state index in [0.29, 0.717) is 26.4 Å². The van der Waals surface area contributed by atoms with E-state index < -0.39 is 17.8 Å². The third-order valence-corrected chi connectivity index (χ3v) is 7.11. The molecule has 1 aliphatic carbocycles. The minimum absolute atomic E-state index is 0.0128. The Balaban J connectivity index is 1.62. The third-order valence-electron chi connectivity index (χ3n) is 5.90. The van der Waals surface area contributed by atoms with Crippen LogP contribution in [0, 0.1) is 11.3 Å². The highest BCUT2D eigenvalue weighted by Gasteiger charge is 2.36. The molecule has 0 fully saturated rings. The van der Waals surface area contributed by atoms with Gasteiger partial charge in [0.05, 0.1) is 24.6 Å². The van der Waals surface area contributed by atoms with Crippen molar-refractivity contribution in [2.45, 2.75) is 31.9 Å². The summed E-state index contributed by atoms with van der Waals surface area (Å²) < 4.78 is 47.7. The number of hydrogen-bond acceptors (Lipinski definition) is 6. The molecule has 35 heavy (non-hydrogen) atoms. The van der Waals surface area contributed by atoms with Crippen LogP contribution >= 0.6 is 11.3 Å². The number of thiophene rings is 1. The van der Waals surface area contributed by atoms with Crippen LogP contribution in [-0.2, 0) is 19.0 Å². The van der Waals surface area contributed by atoms with Gasteiger partial charge in [-0.05, 0) is 49.4 Å². The molecular formula is C24H18F3N5O2S. The first-order valence-corrected chi connectivity index (χ1v) is 11.6. The average molecular weight is 498 g/mol. The van der Waals surface area contributed by atoms with Crippen molar-refractivity contribution >= 4 is 27.9 Å². The van der Waals surface area contributed by atoms with Gasteiger partial charge in [0.2, 0.25) is 0 Å². The molecule has 178 valence electrons. The SMILES string of the molecule is COc1ccccc1-c1cc(C(F)(F)F)n2ncc(C(=O)Nc3sc4c(c3C#N)CCCC4)c2n1. The molecule has 5 rings (SSSR count). The van der Waals surface area contributed by atoms with Gasteiger partial charge in [0.1, 0.15) is 22.4 Å². The van der Waals surface area contributed by atoms with E-state index in [1.54, 1.807) is 24.3 Å². The highest BCUT2D eigenvalue weighted by molar-refractivity contribution is 7.16. The first-order valence-electron chi connectivity index (χ1n) is 10.8. The smallest absolute Gasteiger partial charge is 0.433 e. The summed E-state index contributed by atoms with van der Waals surface area (Å²) in [5.74, 6) is -0.348. The molecule has 0 saturated heterocycles. The van der Waals surface area contributed by atoms with Crippen LogP contribution in [-0.4, -0.2) is 27.6 Å². The average Bonchev–Trinajstić information content (AvgIpc) is 3.43. The van der Waals surface area contributed by atoms with Crippen molar-refractivity contribution in [3.63, 3.8) is 0 Å². The molecule has 0 spiro atoms. The van der Waals surface area contributed by atoms with Gasteiger partial charge >= 0.3 is 6.18 Å². The summed E-state index contributed by atoms with van der Waals surface area (Å²) in [5, 5.41) is 16.6. The number of carbonyl (C=O) groups is 1. The molecule has 0 atom stereocenters. The van der Waals surface area contributed by atoms with Crippen molar-refractivity contribution in [3.8, 4) is 23.1 Å². The number of nitrogens with zero attached hydrogens (tertiary/aromatic N) is 4. The molecule has 1 aliphatic rings. The molecule has 0 saturated carbocycles. The third kappa shape index (κ3) is 4.00. The van der Waals surface area contributed by atoms with Gasteiger partial charge < -0.3 is 10.1 Å². The van der Waals surface area contributed by atoms with Crippen LogP contribution in [0.3, 0.4) is 0 Å². The summed E-state index contributed by atoms with van der Waals surface area (Å²) in [6.07, 6.45) is -0.123. The van der Waals surface area contributed by atoms with Gasteiger partial charge in [-0.2, -0.15) is 23.5 Å². The molecule has 1 amide bonds. The van der Waals surface area contributed by atoms with E-state index in [9.17, 15) is 23.2 Å². The van der Waals surface area contributed by atoms with Crippen molar-refractivity contribution in [2.75, 3.05) is 12.4 Å². The van der Waals surface area contributed by atoms with Crippen LogP contribution in [0.5, 0.6) is 5.75 Å². The number of amides is 1. The normalized spacial score (nSPS) is 13.3. The van der Waals surface area contributed by atoms with E-state index in [1.807, 2.05) is 0 Å². The zero-order valence-electron chi connectivity index (χ0n) is 18.4. The molecule has 3 aromatic heterocycles. The molecule has 11 heteroatoms. The second-order valence-electron chi connectivity index (χ2n) is 8.00. The minimum Gasteiger partial charge on any atom is -0.496 e. The van der Waals surface area contributed by atoms with Crippen molar-refractivity contribution < 1.29 is 22.7 Å². The molecule has 4 aromatic rings. The van der Waals surface area contributed by atoms with E-state index in [1.165, 1.54) is 18.4 Å². The second kappa shape index (κ2) is 8.70. The molecule has 1 aromatic carbocycles. The van der Waals surface area contributed by atoms with Gasteiger partial charge in [-0.3, -0.25) is 4.79 Å². The number of nitriles is 1. The monoisotopic (exact) mass is 497 g/mol. The number of fused-ring (bicyclic) bond motifs is 2. The number of aryl methyl sites for hydroxylation is 1. The number of aromatic nitrogens is 3. The Kier molecular flexibility index (Phi) is 5.68. The van der Waals surface area contributed by atoms with Crippen LogP contribution in [0.4, 0.5) is 18.2 Å². The van der Waals surface area contributed by atoms with Crippen LogP contribution in [0.25, 0.3) is 16.9 Å². The van der Waals surface area contributed by atoms with Gasteiger partial charge in [0.25, 0.3) is 5.91 Å². The second-order valence-corrected chi connectivity index (χ2v) is 9.10. The molecular weight excluding hydrogens is 479 g/mol. The number of para-hydroxylation sites is 1. The number of rotatable bonds is 4.